The Hall–Kier alpha value is -3.79. The summed E-state index contributed by atoms with van der Waals surface area (Å²) < 4.78 is 27.9. The molecule has 2 N–H and O–H groups in total. The van der Waals surface area contributed by atoms with E-state index >= 15 is 0 Å². The Bertz CT molecular complexity index is 1610. The Balaban J connectivity index is 1.20. The van der Waals surface area contributed by atoms with Gasteiger partial charge in [-0.1, -0.05) is 60.1 Å². The fourth-order valence-corrected chi connectivity index (χ4v) is 6.81. The molecule has 0 radical (unpaired) electrons. The largest absolute Gasteiger partial charge is 0.326 e. The Morgan fingerprint density at radius 1 is 0.900 bits per heavy atom. The summed E-state index contributed by atoms with van der Waals surface area (Å²) in [7, 11) is -3.82. The number of anilines is 2. The number of nitrogens with one attached hydrogen (secondary N) is 2. The van der Waals surface area contributed by atoms with Crippen molar-refractivity contribution in [3.8, 4) is 0 Å². The summed E-state index contributed by atoms with van der Waals surface area (Å²) >= 11 is 7.52. The molecule has 0 unspecified atom stereocenters. The standard InChI is InChI=1S/C30H26ClN3O4S2/c31-24-7-4-8-26(19-24)33-40(37,38)27-15-13-25(14-16-27)32-29(36)22-9-11-23(12-10-22)30-34(28(35)20-39-30)18-17-21-5-2-1-3-6-21/h1-16,19,30,33H,17-18,20H2,(H,32,36)/t30-/m0/s1. The molecule has 5 rings (SSSR count). The zero-order valence-corrected chi connectivity index (χ0v) is 23.7. The van der Waals surface area contributed by atoms with Gasteiger partial charge in [0.15, 0.2) is 0 Å². The Morgan fingerprint density at radius 2 is 1.62 bits per heavy atom. The first-order chi connectivity index (χ1) is 19.3. The van der Waals surface area contributed by atoms with Gasteiger partial charge in [-0.25, -0.2) is 8.42 Å². The van der Waals surface area contributed by atoms with E-state index in [1.807, 2.05) is 35.2 Å². The van der Waals surface area contributed by atoms with Crippen molar-refractivity contribution >= 4 is 56.6 Å². The number of hydrogen-bond donors (Lipinski definition) is 2. The molecule has 0 aliphatic carbocycles. The molecule has 2 amide bonds. The summed E-state index contributed by atoms with van der Waals surface area (Å²) in [4.78, 5) is 27.3. The summed E-state index contributed by atoms with van der Waals surface area (Å²) in [5.41, 5.74) is 3.41. The number of hydrogen-bond acceptors (Lipinski definition) is 5. The molecule has 7 nitrogen and oxygen atoms in total. The van der Waals surface area contributed by atoms with Crippen LogP contribution in [-0.4, -0.2) is 37.4 Å². The van der Waals surface area contributed by atoms with Crippen molar-refractivity contribution in [2.75, 3.05) is 22.3 Å². The fraction of sp³-hybridized carbons (Fsp3) is 0.133. The Labute approximate surface area is 242 Å². The number of thioether (sulfide) groups is 1. The van der Waals surface area contributed by atoms with Gasteiger partial charge in [-0.15, -0.1) is 11.8 Å². The third kappa shape index (κ3) is 6.67. The lowest BCUT2D eigenvalue weighted by Crippen LogP contribution is -2.30. The number of carbonyl (C=O) groups excluding carboxylic acids is 2. The minimum Gasteiger partial charge on any atom is -0.326 e. The first-order valence-electron chi connectivity index (χ1n) is 12.5. The van der Waals surface area contributed by atoms with Crippen molar-refractivity contribution in [2.24, 2.45) is 0 Å². The van der Waals surface area contributed by atoms with E-state index in [9.17, 15) is 18.0 Å². The molecule has 0 aromatic heterocycles. The first kappa shape index (κ1) is 27.8. The van der Waals surface area contributed by atoms with E-state index in [1.54, 1.807) is 42.1 Å². The highest BCUT2D eigenvalue weighted by Gasteiger charge is 2.32. The third-order valence-corrected chi connectivity index (χ3v) is 9.30. The molecule has 1 aliphatic rings. The average molecular weight is 592 g/mol. The number of benzene rings is 4. The summed E-state index contributed by atoms with van der Waals surface area (Å²) in [6, 6.07) is 29.6. The van der Waals surface area contributed by atoms with Crippen molar-refractivity contribution < 1.29 is 18.0 Å². The normalized spacial score (nSPS) is 15.2. The van der Waals surface area contributed by atoms with Crippen molar-refractivity contribution in [3.05, 3.63) is 125 Å². The Kier molecular flexibility index (Phi) is 8.44. The van der Waals surface area contributed by atoms with E-state index in [2.05, 4.69) is 22.2 Å². The van der Waals surface area contributed by atoms with Gasteiger partial charge in [-0.2, -0.15) is 0 Å². The second kappa shape index (κ2) is 12.2. The number of nitrogens with zero attached hydrogens (tertiary/aromatic N) is 1. The molecular weight excluding hydrogens is 566 g/mol. The van der Waals surface area contributed by atoms with Crippen LogP contribution >= 0.6 is 23.4 Å². The molecule has 10 heteroatoms. The predicted molar refractivity (Wildman–Crippen MR) is 160 cm³/mol. The number of amides is 2. The highest BCUT2D eigenvalue weighted by Crippen LogP contribution is 2.38. The highest BCUT2D eigenvalue weighted by molar-refractivity contribution is 8.00. The predicted octanol–water partition coefficient (Wildman–Crippen LogP) is 6.21. The number of carbonyl (C=O) groups is 2. The van der Waals surface area contributed by atoms with Crippen LogP contribution in [0.25, 0.3) is 0 Å². The van der Waals surface area contributed by atoms with Crippen LogP contribution in [0.15, 0.2) is 108 Å². The smallest absolute Gasteiger partial charge is 0.261 e. The van der Waals surface area contributed by atoms with E-state index in [0.29, 0.717) is 34.3 Å². The number of rotatable bonds is 9. The molecule has 0 bridgehead atoms. The molecule has 0 saturated carbocycles. The first-order valence-corrected chi connectivity index (χ1v) is 15.4. The van der Waals surface area contributed by atoms with Gasteiger partial charge >= 0.3 is 0 Å². The van der Waals surface area contributed by atoms with Gasteiger partial charge in [0.05, 0.1) is 16.3 Å². The highest BCUT2D eigenvalue weighted by atomic mass is 35.5. The fourth-order valence-electron chi connectivity index (χ4n) is 4.35. The lowest BCUT2D eigenvalue weighted by Gasteiger charge is -2.24. The molecule has 1 atom stereocenters. The molecule has 4 aromatic rings. The van der Waals surface area contributed by atoms with E-state index < -0.39 is 10.0 Å². The van der Waals surface area contributed by atoms with Gasteiger partial charge < -0.3 is 10.2 Å². The lowest BCUT2D eigenvalue weighted by atomic mass is 10.1. The monoisotopic (exact) mass is 591 g/mol. The van der Waals surface area contributed by atoms with Crippen LogP contribution in [0.3, 0.4) is 0 Å². The maximum atomic E-state index is 12.9. The second-order valence-corrected chi connectivity index (χ2v) is 12.4. The maximum absolute atomic E-state index is 12.9. The number of halogens is 1. The molecule has 1 fully saturated rings. The van der Waals surface area contributed by atoms with Crippen LogP contribution in [0.4, 0.5) is 11.4 Å². The van der Waals surface area contributed by atoms with Crippen LogP contribution in [0.2, 0.25) is 5.02 Å². The number of sulfonamides is 1. The Morgan fingerprint density at radius 3 is 2.33 bits per heavy atom. The van der Waals surface area contributed by atoms with Gasteiger partial charge in [0.2, 0.25) is 5.91 Å². The lowest BCUT2D eigenvalue weighted by molar-refractivity contribution is -0.128. The summed E-state index contributed by atoms with van der Waals surface area (Å²) in [5.74, 6) is 0.221. The van der Waals surface area contributed by atoms with E-state index in [-0.39, 0.29) is 22.1 Å². The minimum absolute atomic E-state index is 0.0512. The van der Waals surface area contributed by atoms with E-state index in [4.69, 9.17) is 11.6 Å². The van der Waals surface area contributed by atoms with E-state index in [1.165, 1.54) is 35.9 Å². The van der Waals surface area contributed by atoms with Gasteiger partial charge in [0.1, 0.15) is 5.37 Å². The SMILES string of the molecule is O=C(Nc1ccc(S(=O)(=O)Nc2cccc(Cl)c2)cc1)c1ccc([C@@H]2SCC(=O)N2CCc2ccccc2)cc1. The van der Waals surface area contributed by atoms with Crippen LogP contribution < -0.4 is 10.0 Å². The van der Waals surface area contributed by atoms with Crippen molar-refractivity contribution in [1.82, 2.24) is 4.90 Å². The van der Waals surface area contributed by atoms with Crippen LogP contribution in [0.5, 0.6) is 0 Å². The molecule has 204 valence electrons. The molecule has 4 aromatic carbocycles. The summed E-state index contributed by atoms with van der Waals surface area (Å²) in [6.45, 7) is 0.628. The van der Waals surface area contributed by atoms with Crippen molar-refractivity contribution in [2.45, 2.75) is 16.7 Å². The molecule has 1 saturated heterocycles. The van der Waals surface area contributed by atoms with Gasteiger partial charge in [-0.05, 0) is 72.1 Å². The van der Waals surface area contributed by atoms with Crippen LogP contribution in [-0.2, 0) is 21.2 Å². The maximum Gasteiger partial charge on any atom is 0.261 e. The molecule has 1 aliphatic heterocycles. The van der Waals surface area contributed by atoms with Gasteiger partial charge in [-0.3, -0.25) is 14.3 Å². The van der Waals surface area contributed by atoms with E-state index in [0.717, 1.165) is 12.0 Å². The molecular formula is C30H26ClN3O4S2. The third-order valence-electron chi connectivity index (χ3n) is 6.41. The van der Waals surface area contributed by atoms with Crippen molar-refractivity contribution in [3.63, 3.8) is 0 Å². The summed E-state index contributed by atoms with van der Waals surface area (Å²) in [6.07, 6.45) is 0.779. The molecule has 40 heavy (non-hydrogen) atoms. The zero-order valence-electron chi connectivity index (χ0n) is 21.3. The van der Waals surface area contributed by atoms with Gasteiger partial charge in [0.25, 0.3) is 15.9 Å². The molecule has 0 spiro atoms. The topological polar surface area (TPSA) is 95.6 Å². The van der Waals surface area contributed by atoms with Crippen molar-refractivity contribution in [1.29, 1.82) is 0 Å². The average Bonchev–Trinajstić information content (AvgIpc) is 3.32. The zero-order chi connectivity index (χ0) is 28.1. The van der Waals surface area contributed by atoms with Crippen LogP contribution in [0.1, 0.15) is 26.9 Å². The summed E-state index contributed by atoms with van der Waals surface area (Å²) in [5, 5.41) is 3.12. The van der Waals surface area contributed by atoms with Crippen LogP contribution in [0, 0.1) is 0 Å². The molecule has 1 heterocycles. The minimum atomic E-state index is -3.82. The van der Waals surface area contributed by atoms with Gasteiger partial charge in [0, 0.05) is 22.8 Å². The quantitative estimate of drug-likeness (QED) is 0.241. The second-order valence-electron chi connectivity index (χ2n) is 9.20.